The maximum absolute atomic E-state index is 13.0. The Hall–Kier alpha value is -0.730. The summed E-state index contributed by atoms with van der Waals surface area (Å²) in [6, 6.07) is 4.38. The van der Waals surface area contributed by atoms with Gasteiger partial charge in [-0.3, -0.25) is 4.90 Å². The van der Waals surface area contributed by atoms with Gasteiger partial charge in [-0.05, 0) is 43.0 Å². The summed E-state index contributed by atoms with van der Waals surface area (Å²) in [6.45, 7) is 2.65. The number of hydrogen-bond donors (Lipinski definition) is 2. The number of nitrogens with two attached hydrogens (primary N) is 1. The van der Waals surface area contributed by atoms with E-state index in [0.717, 1.165) is 31.5 Å². The Labute approximate surface area is 129 Å². The van der Waals surface area contributed by atoms with Crippen LogP contribution in [0.5, 0.6) is 0 Å². The zero-order valence-electron chi connectivity index (χ0n) is 11.6. The Kier molecular flexibility index (Phi) is 5.56. The van der Waals surface area contributed by atoms with Crippen LogP contribution < -0.4 is 9.86 Å². The maximum atomic E-state index is 13.0. The van der Waals surface area contributed by atoms with E-state index >= 15 is 0 Å². The highest BCUT2D eigenvalue weighted by molar-refractivity contribution is 7.87. The van der Waals surface area contributed by atoms with Crippen LogP contribution in [0, 0.1) is 11.7 Å². The smallest absolute Gasteiger partial charge is 0.274 e. The number of halogens is 2. The van der Waals surface area contributed by atoms with Crippen LogP contribution in [0.25, 0.3) is 0 Å². The lowest BCUT2D eigenvalue weighted by molar-refractivity contribution is 0.169. The second-order valence-electron chi connectivity index (χ2n) is 5.37. The molecular weight excluding hydrogens is 317 g/mol. The zero-order valence-corrected chi connectivity index (χ0v) is 13.1. The van der Waals surface area contributed by atoms with Crippen molar-refractivity contribution >= 4 is 21.8 Å². The second kappa shape index (κ2) is 7.02. The van der Waals surface area contributed by atoms with Crippen LogP contribution in [-0.4, -0.2) is 33.0 Å². The van der Waals surface area contributed by atoms with Crippen LogP contribution in [0.1, 0.15) is 18.4 Å². The van der Waals surface area contributed by atoms with Crippen molar-refractivity contribution in [3.63, 3.8) is 0 Å². The predicted molar refractivity (Wildman–Crippen MR) is 80.5 cm³/mol. The molecule has 1 aromatic rings. The van der Waals surface area contributed by atoms with Gasteiger partial charge in [0.15, 0.2) is 0 Å². The van der Waals surface area contributed by atoms with Crippen molar-refractivity contribution < 1.29 is 12.8 Å². The molecule has 1 heterocycles. The van der Waals surface area contributed by atoms with Crippen molar-refractivity contribution in [1.29, 1.82) is 0 Å². The molecule has 0 bridgehead atoms. The first kappa shape index (κ1) is 16.6. The van der Waals surface area contributed by atoms with Crippen molar-refractivity contribution in [1.82, 2.24) is 9.62 Å². The fourth-order valence-corrected chi connectivity index (χ4v) is 3.28. The monoisotopic (exact) mass is 335 g/mol. The summed E-state index contributed by atoms with van der Waals surface area (Å²) in [5.41, 5.74) is 0.873. The van der Waals surface area contributed by atoms with Crippen LogP contribution in [0.4, 0.5) is 4.39 Å². The van der Waals surface area contributed by atoms with Gasteiger partial charge in [0.1, 0.15) is 5.82 Å². The molecule has 5 nitrogen and oxygen atoms in total. The van der Waals surface area contributed by atoms with Crippen LogP contribution in [0.3, 0.4) is 0 Å². The third-order valence-corrected chi connectivity index (χ3v) is 4.51. The van der Waals surface area contributed by atoms with Crippen LogP contribution >= 0.6 is 11.6 Å². The highest BCUT2D eigenvalue weighted by Crippen LogP contribution is 2.22. The molecule has 0 unspecified atom stereocenters. The molecule has 8 heteroatoms. The van der Waals surface area contributed by atoms with Crippen LogP contribution in [0.15, 0.2) is 18.2 Å². The number of nitrogens with one attached hydrogen (secondary N) is 1. The molecule has 1 aromatic carbocycles. The van der Waals surface area contributed by atoms with Gasteiger partial charge >= 0.3 is 0 Å². The summed E-state index contributed by atoms with van der Waals surface area (Å²) in [7, 11) is -3.64. The molecule has 0 aromatic heterocycles. The normalized spacial score (nSPS) is 20.6. The minimum Gasteiger partial charge on any atom is -0.299 e. The molecule has 0 spiro atoms. The van der Waals surface area contributed by atoms with E-state index < -0.39 is 10.2 Å². The molecule has 0 saturated carbocycles. The van der Waals surface area contributed by atoms with Crippen molar-refractivity contribution in [2.45, 2.75) is 19.4 Å². The summed E-state index contributed by atoms with van der Waals surface area (Å²) >= 11 is 6.03. The zero-order chi connectivity index (χ0) is 15.5. The van der Waals surface area contributed by atoms with Crippen molar-refractivity contribution in [2.24, 2.45) is 11.1 Å². The molecule has 1 atom stereocenters. The number of likely N-dealkylation sites (tertiary alicyclic amines) is 1. The van der Waals surface area contributed by atoms with E-state index in [-0.39, 0.29) is 11.7 Å². The third kappa shape index (κ3) is 5.52. The number of rotatable bonds is 5. The Morgan fingerprint density at radius 3 is 2.90 bits per heavy atom. The number of benzene rings is 1. The highest BCUT2D eigenvalue weighted by Gasteiger charge is 2.21. The molecule has 2 rings (SSSR count). The summed E-state index contributed by atoms with van der Waals surface area (Å²) in [5, 5.41) is 5.36. The van der Waals surface area contributed by atoms with E-state index in [0.29, 0.717) is 18.1 Å². The Morgan fingerprint density at radius 2 is 2.24 bits per heavy atom. The summed E-state index contributed by atoms with van der Waals surface area (Å²) in [4.78, 5) is 2.19. The fourth-order valence-electron chi connectivity index (χ4n) is 2.59. The van der Waals surface area contributed by atoms with E-state index in [1.54, 1.807) is 6.07 Å². The lowest BCUT2D eigenvalue weighted by Gasteiger charge is -2.32. The van der Waals surface area contributed by atoms with Gasteiger partial charge in [0.2, 0.25) is 0 Å². The second-order valence-corrected chi connectivity index (χ2v) is 7.16. The molecule has 0 amide bonds. The first-order chi connectivity index (χ1) is 9.83. The van der Waals surface area contributed by atoms with Gasteiger partial charge < -0.3 is 0 Å². The van der Waals surface area contributed by atoms with Gasteiger partial charge in [-0.1, -0.05) is 17.7 Å². The lowest BCUT2D eigenvalue weighted by atomic mass is 9.98. The van der Waals surface area contributed by atoms with Crippen molar-refractivity contribution in [3.8, 4) is 0 Å². The molecule has 1 saturated heterocycles. The van der Waals surface area contributed by atoms with Gasteiger partial charge in [-0.25, -0.2) is 14.3 Å². The van der Waals surface area contributed by atoms with E-state index in [4.69, 9.17) is 16.7 Å². The topological polar surface area (TPSA) is 75.4 Å². The first-order valence-corrected chi connectivity index (χ1v) is 8.69. The fraction of sp³-hybridized carbons (Fsp3) is 0.538. The van der Waals surface area contributed by atoms with E-state index in [2.05, 4.69) is 9.62 Å². The summed E-state index contributed by atoms with van der Waals surface area (Å²) in [6.07, 6.45) is 1.94. The summed E-state index contributed by atoms with van der Waals surface area (Å²) < 4.78 is 37.2. The molecule has 21 heavy (non-hydrogen) atoms. The number of hydrogen-bond acceptors (Lipinski definition) is 3. The first-order valence-electron chi connectivity index (χ1n) is 6.77. The summed E-state index contributed by atoms with van der Waals surface area (Å²) in [5.74, 6) is -0.131. The molecular formula is C13H19ClFN3O2S. The van der Waals surface area contributed by atoms with Crippen LogP contribution in [0.2, 0.25) is 5.02 Å². The number of nitrogens with zero attached hydrogens (tertiary/aromatic N) is 1. The van der Waals surface area contributed by atoms with E-state index in [9.17, 15) is 12.8 Å². The van der Waals surface area contributed by atoms with Gasteiger partial charge in [0, 0.05) is 24.7 Å². The Bertz CT molecular complexity index is 597. The van der Waals surface area contributed by atoms with Gasteiger partial charge in [0.05, 0.1) is 0 Å². The predicted octanol–water partition coefficient (Wildman–Crippen LogP) is 1.48. The Morgan fingerprint density at radius 1 is 1.48 bits per heavy atom. The van der Waals surface area contributed by atoms with Crippen LogP contribution in [-0.2, 0) is 16.8 Å². The van der Waals surface area contributed by atoms with Gasteiger partial charge in [0.25, 0.3) is 10.2 Å². The van der Waals surface area contributed by atoms with E-state index in [1.165, 1.54) is 12.1 Å². The minimum atomic E-state index is -3.64. The molecule has 1 fully saturated rings. The molecule has 118 valence electrons. The SMILES string of the molecule is NS(=O)(=O)NC[C@H]1CCCN(Cc2ccc(F)cc2Cl)C1. The molecule has 3 N–H and O–H groups in total. The number of piperidine rings is 1. The Balaban J connectivity index is 1.92. The quantitative estimate of drug-likeness (QED) is 0.856. The van der Waals surface area contributed by atoms with Gasteiger partial charge in [-0.2, -0.15) is 8.42 Å². The molecule has 0 radical (unpaired) electrons. The van der Waals surface area contributed by atoms with Crippen molar-refractivity contribution in [2.75, 3.05) is 19.6 Å². The maximum Gasteiger partial charge on any atom is 0.274 e. The van der Waals surface area contributed by atoms with Crippen molar-refractivity contribution in [3.05, 3.63) is 34.6 Å². The molecule has 0 aliphatic carbocycles. The largest absolute Gasteiger partial charge is 0.299 e. The average molecular weight is 336 g/mol. The average Bonchev–Trinajstić information content (AvgIpc) is 2.39. The van der Waals surface area contributed by atoms with Gasteiger partial charge in [-0.15, -0.1) is 0 Å². The molecule has 1 aliphatic rings. The lowest BCUT2D eigenvalue weighted by Crippen LogP contribution is -2.42. The molecule has 1 aliphatic heterocycles. The third-order valence-electron chi connectivity index (χ3n) is 3.59. The minimum absolute atomic E-state index is 0.219. The highest BCUT2D eigenvalue weighted by atomic mass is 35.5. The standard InChI is InChI=1S/C13H19ClFN3O2S/c14-13-6-12(15)4-3-11(13)9-18-5-1-2-10(8-18)7-17-21(16,19)20/h3-4,6,10,17H,1-2,5,7-9H2,(H2,16,19,20)/t10-/m1/s1. The van der Waals surface area contributed by atoms with E-state index in [1.807, 2.05) is 0 Å².